The number of ether oxygens (including phenoxy) is 1. The standard InChI is InChI=1S/C15H14BrNO2/c1-10-4-3-5-12(8-10)17-15(18)13-7-6-11(16)9-14(13)19-2/h3-9H,1-2H3,(H,17,18). The summed E-state index contributed by atoms with van der Waals surface area (Å²) in [4.78, 5) is 12.2. The summed E-state index contributed by atoms with van der Waals surface area (Å²) >= 11 is 3.35. The molecule has 0 fully saturated rings. The van der Waals surface area contributed by atoms with E-state index in [2.05, 4.69) is 21.2 Å². The zero-order chi connectivity index (χ0) is 13.8. The van der Waals surface area contributed by atoms with Crippen LogP contribution in [0.2, 0.25) is 0 Å². The number of amides is 1. The van der Waals surface area contributed by atoms with Crippen molar-refractivity contribution < 1.29 is 9.53 Å². The van der Waals surface area contributed by atoms with Crippen molar-refractivity contribution in [2.75, 3.05) is 12.4 Å². The Hall–Kier alpha value is -1.81. The van der Waals surface area contributed by atoms with Crippen molar-refractivity contribution in [2.45, 2.75) is 6.92 Å². The van der Waals surface area contributed by atoms with Crippen molar-refractivity contribution in [3.05, 3.63) is 58.1 Å². The Morgan fingerprint density at radius 2 is 2.00 bits per heavy atom. The molecule has 0 heterocycles. The van der Waals surface area contributed by atoms with Crippen LogP contribution in [-0.2, 0) is 0 Å². The molecule has 98 valence electrons. The Kier molecular flexibility index (Phi) is 4.22. The van der Waals surface area contributed by atoms with Crippen molar-refractivity contribution in [1.29, 1.82) is 0 Å². The molecule has 0 aliphatic rings. The molecule has 0 unspecified atom stereocenters. The first-order chi connectivity index (χ1) is 9.10. The lowest BCUT2D eigenvalue weighted by molar-refractivity contribution is 0.102. The Morgan fingerprint density at radius 1 is 1.21 bits per heavy atom. The molecule has 0 radical (unpaired) electrons. The smallest absolute Gasteiger partial charge is 0.259 e. The molecule has 1 amide bonds. The highest BCUT2D eigenvalue weighted by atomic mass is 79.9. The van der Waals surface area contributed by atoms with Gasteiger partial charge in [0.05, 0.1) is 12.7 Å². The molecule has 4 heteroatoms. The van der Waals surface area contributed by atoms with Crippen LogP contribution in [0.1, 0.15) is 15.9 Å². The summed E-state index contributed by atoms with van der Waals surface area (Å²) in [6.45, 7) is 1.98. The molecule has 3 nitrogen and oxygen atoms in total. The molecule has 0 bridgehead atoms. The summed E-state index contributed by atoms with van der Waals surface area (Å²) in [7, 11) is 1.55. The predicted octanol–water partition coefficient (Wildman–Crippen LogP) is 4.02. The summed E-state index contributed by atoms with van der Waals surface area (Å²) in [5, 5.41) is 2.86. The van der Waals surface area contributed by atoms with Gasteiger partial charge in [-0.2, -0.15) is 0 Å². The van der Waals surface area contributed by atoms with E-state index in [1.165, 1.54) is 0 Å². The number of carbonyl (C=O) groups excluding carboxylic acids is 1. The fourth-order valence-corrected chi connectivity index (χ4v) is 2.11. The van der Waals surface area contributed by atoms with Gasteiger partial charge in [0.2, 0.25) is 0 Å². The maximum atomic E-state index is 12.2. The van der Waals surface area contributed by atoms with Crippen molar-refractivity contribution >= 4 is 27.5 Å². The summed E-state index contributed by atoms with van der Waals surface area (Å²) in [6, 6.07) is 13.0. The number of anilines is 1. The van der Waals surface area contributed by atoms with Gasteiger partial charge in [-0.15, -0.1) is 0 Å². The second-order valence-corrected chi connectivity index (χ2v) is 5.08. The van der Waals surface area contributed by atoms with Gasteiger partial charge in [0.25, 0.3) is 5.91 Å². The molecule has 0 saturated heterocycles. The quantitative estimate of drug-likeness (QED) is 0.928. The number of halogens is 1. The minimum atomic E-state index is -0.185. The summed E-state index contributed by atoms with van der Waals surface area (Å²) in [6.07, 6.45) is 0. The molecular weight excluding hydrogens is 306 g/mol. The van der Waals surface area contributed by atoms with Gasteiger partial charge < -0.3 is 10.1 Å². The van der Waals surface area contributed by atoms with Crippen LogP contribution >= 0.6 is 15.9 Å². The van der Waals surface area contributed by atoms with Crippen LogP contribution in [0.5, 0.6) is 5.75 Å². The maximum absolute atomic E-state index is 12.2. The van der Waals surface area contributed by atoms with Crippen LogP contribution in [0.25, 0.3) is 0 Å². The highest BCUT2D eigenvalue weighted by Gasteiger charge is 2.12. The lowest BCUT2D eigenvalue weighted by Gasteiger charge is -2.10. The predicted molar refractivity (Wildman–Crippen MR) is 79.8 cm³/mol. The van der Waals surface area contributed by atoms with Crippen LogP contribution < -0.4 is 10.1 Å². The summed E-state index contributed by atoms with van der Waals surface area (Å²) in [5.41, 5.74) is 2.38. The number of hydrogen-bond donors (Lipinski definition) is 1. The molecule has 0 saturated carbocycles. The van der Waals surface area contributed by atoms with Crippen molar-refractivity contribution in [1.82, 2.24) is 0 Å². The number of aryl methyl sites for hydroxylation is 1. The van der Waals surface area contributed by atoms with Gasteiger partial charge in [-0.1, -0.05) is 28.1 Å². The molecule has 0 aliphatic carbocycles. The van der Waals surface area contributed by atoms with Crippen LogP contribution in [-0.4, -0.2) is 13.0 Å². The highest BCUT2D eigenvalue weighted by Crippen LogP contribution is 2.24. The van der Waals surface area contributed by atoms with Gasteiger partial charge in [-0.05, 0) is 42.8 Å². The van der Waals surface area contributed by atoms with Gasteiger partial charge in [-0.25, -0.2) is 0 Å². The Labute approximate surface area is 120 Å². The van der Waals surface area contributed by atoms with Gasteiger partial charge >= 0.3 is 0 Å². The average Bonchev–Trinajstić information content (AvgIpc) is 2.38. The first kappa shape index (κ1) is 13.6. The minimum absolute atomic E-state index is 0.185. The zero-order valence-electron chi connectivity index (χ0n) is 10.7. The van der Waals surface area contributed by atoms with E-state index in [9.17, 15) is 4.79 Å². The normalized spacial score (nSPS) is 10.1. The van der Waals surface area contributed by atoms with Gasteiger partial charge in [-0.3, -0.25) is 4.79 Å². The Balaban J connectivity index is 2.25. The fraction of sp³-hybridized carbons (Fsp3) is 0.133. The lowest BCUT2D eigenvalue weighted by atomic mass is 10.1. The Morgan fingerprint density at radius 3 is 2.68 bits per heavy atom. The Bertz CT molecular complexity index is 611. The molecule has 0 spiro atoms. The monoisotopic (exact) mass is 319 g/mol. The first-order valence-electron chi connectivity index (χ1n) is 5.81. The molecule has 2 aromatic rings. The lowest BCUT2D eigenvalue weighted by Crippen LogP contribution is -2.13. The van der Waals surface area contributed by atoms with Crippen LogP contribution in [0.3, 0.4) is 0 Å². The zero-order valence-corrected chi connectivity index (χ0v) is 12.3. The molecule has 1 N–H and O–H groups in total. The fourth-order valence-electron chi connectivity index (χ4n) is 1.77. The molecular formula is C15H14BrNO2. The largest absolute Gasteiger partial charge is 0.496 e. The number of carbonyl (C=O) groups is 1. The maximum Gasteiger partial charge on any atom is 0.259 e. The third-order valence-corrected chi connectivity index (χ3v) is 3.18. The topological polar surface area (TPSA) is 38.3 Å². The summed E-state index contributed by atoms with van der Waals surface area (Å²) in [5.74, 6) is 0.356. The van der Waals surface area contributed by atoms with E-state index in [0.717, 1.165) is 15.7 Å². The van der Waals surface area contributed by atoms with E-state index in [1.807, 2.05) is 37.3 Å². The molecule has 0 atom stereocenters. The third-order valence-electron chi connectivity index (χ3n) is 2.68. The van der Waals surface area contributed by atoms with E-state index in [0.29, 0.717) is 11.3 Å². The van der Waals surface area contributed by atoms with Crippen molar-refractivity contribution in [3.8, 4) is 5.75 Å². The number of benzene rings is 2. The van der Waals surface area contributed by atoms with Gasteiger partial charge in [0, 0.05) is 10.2 Å². The SMILES string of the molecule is COc1cc(Br)ccc1C(=O)Nc1cccc(C)c1. The van der Waals surface area contributed by atoms with E-state index in [4.69, 9.17) is 4.74 Å². The van der Waals surface area contributed by atoms with Gasteiger partial charge in [0.1, 0.15) is 5.75 Å². The summed E-state index contributed by atoms with van der Waals surface area (Å²) < 4.78 is 6.09. The number of nitrogens with one attached hydrogen (secondary N) is 1. The number of rotatable bonds is 3. The molecule has 19 heavy (non-hydrogen) atoms. The second-order valence-electron chi connectivity index (χ2n) is 4.17. The van der Waals surface area contributed by atoms with Crippen LogP contribution in [0.4, 0.5) is 5.69 Å². The number of hydrogen-bond acceptors (Lipinski definition) is 2. The molecule has 0 aliphatic heterocycles. The van der Waals surface area contributed by atoms with E-state index in [1.54, 1.807) is 19.2 Å². The molecule has 2 rings (SSSR count). The second kappa shape index (κ2) is 5.89. The van der Waals surface area contributed by atoms with Crippen molar-refractivity contribution in [2.24, 2.45) is 0 Å². The van der Waals surface area contributed by atoms with E-state index in [-0.39, 0.29) is 5.91 Å². The van der Waals surface area contributed by atoms with E-state index >= 15 is 0 Å². The van der Waals surface area contributed by atoms with Crippen LogP contribution in [0.15, 0.2) is 46.9 Å². The number of methoxy groups -OCH3 is 1. The highest BCUT2D eigenvalue weighted by molar-refractivity contribution is 9.10. The minimum Gasteiger partial charge on any atom is -0.496 e. The molecule has 0 aromatic heterocycles. The third kappa shape index (κ3) is 3.35. The van der Waals surface area contributed by atoms with Gasteiger partial charge in [0.15, 0.2) is 0 Å². The first-order valence-corrected chi connectivity index (χ1v) is 6.61. The average molecular weight is 320 g/mol. The molecule has 2 aromatic carbocycles. The van der Waals surface area contributed by atoms with E-state index < -0.39 is 0 Å². The van der Waals surface area contributed by atoms with Crippen LogP contribution in [0, 0.1) is 6.92 Å². The van der Waals surface area contributed by atoms with Crippen molar-refractivity contribution in [3.63, 3.8) is 0 Å².